The van der Waals surface area contributed by atoms with Crippen molar-refractivity contribution in [2.75, 3.05) is 20.8 Å². The van der Waals surface area contributed by atoms with E-state index in [9.17, 15) is 4.79 Å². The van der Waals surface area contributed by atoms with Gasteiger partial charge in [-0.3, -0.25) is 4.79 Å². The van der Waals surface area contributed by atoms with E-state index in [0.717, 1.165) is 11.1 Å². The van der Waals surface area contributed by atoms with E-state index in [1.807, 2.05) is 62.4 Å². The van der Waals surface area contributed by atoms with Gasteiger partial charge >= 0.3 is 0 Å². The number of carbonyl (C=O) groups excluding carboxylic acids is 1. The molecule has 3 aromatic rings. The molecule has 0 N–H and O–H groups in total. The van der Waals surface area contributed by atoms with Crippen LogP contribution < -0.4 is 9.47 Å². The maximum atomic E-state index is 12.9. The molecule has 1 amide bonds. The van der Waals surface area contributed by atoms with Crippen LogP contribution in [0.15, 0.2) is 52.9 Å². The summed E-state index contributed by atoms with van der Waals surface area (Å²) in [7, 11) is 3.20. The molecule has 0 saturated carbocycles. The van der Waals surface area contributed by atoms with Gasteiger partial charge in [0, 0.05) is 18.7 Å². The van der Waals surface area contributed by atoms with Crippen molar-refractivity contribution in [3.63, 3.8) is 0 Å². The summed E-state index contributed by atoms with van der Waals surface area (Å²) in [6.45, 7) is 4.88. The minimum Gasteiger partial charge on any atom is -0.493 e. The van der Waals surface area contributed by atoms with Gasteiger partial charge in [0.25, 0.3) is 0 Å². The lowest BCUT2D eigenvalue weighted by atomic mass is 10.1. The van der Waals surface area contributed by atoms with E-state index in [2.05, 4.69) is 4.98 Å². The fourth-order valence-electron chi connectivity index (χ4n) is 3.13. The van der Waals surface area contributed by atoms with E-state index < -0.39 is 0 Å². The summed E-state index contributed by atoms with van der Waals surface area (Å²) in [4.78, 5) is 19.2. The molecule has 0 aliphatic rings. The number of amides is 1. The Kier molecular flexibility index (Phi) is 6.54. The molecule has 152 valence electrons. The average Bonchev–Trinajstić information content (AvgIpc) is 3.12. The van der Waals surface area contributed by atoms with Crippen LogP contribution in [0.3, 0.4) is 0 Å². The molecule has 0 spiro atoms. The van der Waals surface area contributed by atoms with Crippen molar-refractivity contribution >= 4 is 5.91 Å². The van der Waals surface area contributed by atoms with Crippen molar-refractivity contribution in [2.24, 2.45) is 0 Å². The molecule has 0 fully saturated rings. The van der Waals surface area contributed by atoms with Crippen LogP contribution in [0.25, 0.3) is 11.5 Å². The van der Waals surface area contributed by atoms with Crippen molar-refractivity contribution in [2.45, 2.75) is 26.8 Å². The zero-order chi connectivity index (χ0) is 20.8. The number of hydrogen-bond donors (Lipinski definition) is 0. The molecule has 6 nitrogen and oxygen atoms in total. The van der Waals surface area contributed by atoms with Gasteiger partial charge in [-0.1, -0.05) is 24.3 Å². The van der Waals surface area contributed by atoms with E-state index >= 15 is 0 Å². The zero-order valence-corrected chi connectivity index (χ0v) is 17.3. The summed E-state index contributed by atoms with van der Waals surface area (Å²) in [6, 6.07) is 15.4. The van der Waals surface area contributed by atoms with Crippen LogP contribution in [-0.2, 0) is 17.8 Å². The smallest absolute Gasteiger partial charge is 0.229 e. The molecule has 0 saturated heterocycles. The highest BCUT2D eigenvalue weighted by molar-refractivity contribution is 5.78. The van der Waals surface area contributed by atoms with Crippen molar-refractivity contribution in [3.8, 4) is 23.0 Å². The maximum Gasteiger partial charge on any atom is 0.229 e. The van der Waals surface area contributed by atoms with Crippen molar-refractivity contribution in [3.05, 3.63) is 65.5 Å². The highest BCUT2D eigenvalue weighted by atomic mass is 16.5. The Morgan fingerprint density at radius 2 is 1.79 bits per heavy atom. The number of aryl methyl sites for hydroxylation is 1. The zero-order valence-electron chi connectivity index (χ0n) is 17.3. The predicted octanol–water partition coefficient (Wildman–Crippen LogP) is 4.26. The summed E-state index contributed by atoms with van der Waals surface area (Å²) in [5, 5.41) is 0. The second-order valence-electron chi connectivity index (χ2n) is 6.66. The van der Waals surface area contributed by atoms with E-state index in [0.29, 0.717) is 41.9 Å². The van der Waals surface area contributed by atoms with Gasteiger partial charge in [0.15, 0.2) is 11.5 Å². The third kappa shape index (κ3) is 4.77. The lowest BCUT2D eigenvalue weighted by Gasteiger charge is -2.21. The number of benzene rings is 2. The van der Waals surface area contributed by atoms with Gasteiger partial charge in [-0.15, -0.1) is 0 Å². The van der Waals surface area contributed by atoms with Crippen molar-refractivity contribution < 1.29 is 18.7 Å². The molecule has 1 aromatic heterocycles. The quantitative estimate of drug-likeness (QED) is 0.571. The Balaban J connectivity index is 1.73. The average molecular weight is 394 g/mol. The first kappa shape index (κ1) is 20.5. The summed E-state index contributed by atoms with van der Waals surface area (Å²) in [5.74, 6) is 2.51. The molecule has 3 rings (SSSR count). The van der Waals surface area contributed by atoms with Gasteiger partial charge in [-0.05, 0) is 43.7 Å². The topological polar surface area (TPSA) is 64.8 Å². The first-order valence-corrected chi connectivity index (χ1v) is 9.56. The van der Waals surface area contributed by atoms with Crippen LogP contribution in [0, 0.1) is 6.92 Å². The Bertz CT molecular complexity index is 966. The van der Waals surface area contributed by atoms with Crippen LogP contribution in [-0.4, -0.2) is 36.6 Å². The monoisotopic (exact) mass is 394 g/mol. The molecule has 0 radical (unpaired) electrons. The lowest BCUT2D eigenvalue weighted by Crippen LogP contribution is -2.31. The van der Waals surface area contributed by atoms with Crippen LogP contribution >= 0.6 is 0 Å². The first-order valence-electron chi connectivity index (χ1n) is 9.56. The normalized spacial score (nSPS) is 10.6. The lowest BCUT2D eigenvalue weighted by molar-refractivity contribution is -0.130. The van der Waals surface area contributed by atoms with Crippen molar-refractivity contribution in [1.82, 2.24) is 9.88 Å². The Morgan fingerprint density at radius 1 is 1.07 bits per heavy atom. The minimum absolute atomic E-state index is 0.00158. The van der Waals surface area contributed by atoms with Gasteiger partial charge < -0.3 is 18.8 Å². The van der Waals surface area contributed by atoms with Crippen LogP contribution in [0.4, 0.5) is 0 Å². The molecule has 0 aliphatic heterocycles. The third-order valence-electron chi connectivity index (χ3n) is 4.79. The number of aromatic nitrogens is 1. The van der Waals surface area contributed by atoms with E-state index in [1.165, 1.54) is 0 Å². The van der Waals surface area contributed by atoms with Crippen LogP contribution in [0.1, 0.15) is 23.9 Å². The number of likely N-dealkylation sites (N-methyl/N-ethyl adjacent to an activating group) is 1. The van der Waals surface area contributed by atoms with Gasteiger partial charge in [-0.2, -0.15) is 0 Å². The molecular weight excluding hydrogens is 368 g/mol. The Labute approximate surface area is 171 Å². The van der Waals surface area contributed by atoms with E-state index in [-0.39, 0.29) is 12.3 Å². The third-order valence-corrected chi connectivity index (χ3v) is 4.79. The number of oxazole rings is 1. The molecule has 29 heavy (non-hydrogen) atoms. The molecule has 0 unspecified atom stereocenters. The number of hydrogen-bond acceptors (Lipinski definition) is 5. The second-order valence-corrected chi connectivity index (χ2v) is 6.66. The van der Waals surface area contributed by atoms with Gasteiger partial charge in [-0.25, -0.2) is 4.98 Å². The SMILES string of the molecule is CCN(Cc1ccc(OC)c(OC)c1)C(=O)Cc1nc(-c2ccccc2)oc1C. The summed E-state index contributed by atoms with van der Waals surface area (Å²) in [6.07, 6.45) is 0.198. The molecule has 1 heterocycles. The second kappa shape index (κ2) is 9.28. The summed E-state index contributed by atoms with van der Waals surface area (Å²) in [5.41, 5.74) is 2.53. The van der Waals surface area contributed by atoms with Crippen LogP contribution in [0.2, 0.25) is 0 Å². The van der Waals surface area contributed by atoms with E-state index in [1.54, 1.807) is 19.1 Å². The minimum atomic E-state index is -0.00158. The number of carbonyl (C=O) groups is 1. The van der Waals surface area contributed by atoms with E-state index in [4.69, 9.17) is 13.9 Å². The highest BCUT2D eigenvalue weighted by Crippen LogP contribution is 2.28. The Hall–Kier alpha value is -3.28. The molecule has 0 bridgehead atoms. The number of ether oxygens (including phenoxy) is 2. The fourth-order valence-corrected chi connectivity index (χ4v) is 3.13. The van der Waals surface area contributed by atoms with Crippen LogP contribution in [0.5, 0.6) is 11.5 Å². The number of rotatable bonds is 8. The fraction of sp³-hybridized carbons (Fsp3) is 0.304. The molecule has 6 heteroatoms. The molecule has 2 aromatic carbocycles. The predicted molar refractivity (Wildman–Crippen MR) is 111 cm³/mol. The summed E-state index contributed by atoms with van der Waals surface area (Å²) < 4.78 is 16.4. The largest absolute Gasteiger partial charge is 0.493 e. The van der Waals surface area contributed by atoms with Gasteiger partial charge in [0.05, 0.1) is 26.3 Å². The highest BCUT2D eigenvalue weighted by Gasteiger charge is 2.19. The standard InChI is InChI=1S/C23H26N2O4/c1-5-25(15-17-11-12-20(27-3)21(13-17)28-4)22(26)14-19-16(2)29-23(24-19)18-9-7-6-8-10-18/h6-13H,5,14-15H2,1-4H3. The Morgan fingerprint density at radius 3 is 2.45 bits per heavy atom. The number of nitrogens with zero attached hydrogens (tertiary/aromatic N) is 2. The van der Waals surface area contributed by atoms with Crippen molar-refractivity contribution in [1.29, 1.82) is 0 Å². The molecule has 0 aliphatic carbocycles. The van der Waals surface area contributed by atoms with Gasteiger partial charge in [0.2, 0.25) is 11.8 Å². The molecular formula is C23H26N2O4. The molecule has 0 atom stereocenters. The first-order chi connectivity index (χ1) is 14.0. The summed E-state index contributed by atoms with van der Waals surface area (Å²) >= 11 is 0. The maximum absolute atomic E-state index is 12.9. The number of methoxy groups -OCH3 is 2. The van der Waals surface area contributed by atoms with Gasteiger partial charge in [0.1, 0.15) is 5.76 Å².